The number of carbonyl (C=O) groups is 1. The van der Waals surface area contributed by atoms with Gasteiger partial charge in [-0.25, -0.2) is 4.98 Å². The molecule has 0 spiro atoms. The minimum absolute atomic E-state index is 0.0293. The fraction of sp³-hybridized carbons (Fsp3) is 0.316. The fourth-order valence-corrected chi connectivity index (χ4v) is 3.16. The van der Waals surface area contributed by atoms with Gasteiger partial charge in [0, 0.05) is 25.4 Å². The maximum Gasteiger partial charge on any atom is 0.225 e. The molecular weight excluding hydrogens is 316 g/mol. The van der Waals surface area contributed by atoms with E-state index < -0.39 is 0 Å². The Kier molecular flexibility index (Phi) is 4.43. The summed E-state index contributed by atoms with van der Waals surface area (Å²) in [4.78, 5) is 21.5. The largest absolute Gasteiger partial charge is 0.378 e. The minimum atomic E-state index is -0.0293. The van der Waals surface area contributed by atoms with E-state index in [9.17, 15) is 4.79 Å². The van der Waals surface area contributed by atoms with Gasteiger partial charge in [0.25, 0.3) is 0 Å². The van der Waals surface area contributed by atoms with Crippen LogP contribution in [0.5, 0.6) is 0 Å². The number of hydrogen-bond donors (Lipinski definition) is 1. The Labute approximate surface area is 145 Å². The normalized spacial score (nSPS) is 17.0. The van der Waals surface area contributed by atoms with Crippen molar-refractivity contribution in [2.45, 2.75) is 31.8 Å². The molecule has 1 atom stereocenters. The van der Waals surface area contributed by atoms with Gasteiger partial charge in [0.15, 0.2) is 0 Å². The lowest BCUT2D eigenvalue weighted by atomic mass is 10.1. The lowest BCUT2D eigenvalue weighted by Crippen LogP contribution is -2.16. The quantitative estimate of drug-likeness (QED) is 0.776. The number of rotatable bonds is 5. The van der Waals surface area contributed by atoms with Crippen molar-refractivity contribution >= 4 is 17.4 Å². The molecule has 6 nitrogen and oxygen atoms in total. The molecule has 1 amide bonds. The molecule has 4 rings (SSSR count). The maximum absolute atomic E-state index is 12.5. The first kappa shape index (κ1) is 15.8. The molecule has 4 heterocycles. The summed E-state index contributed by atoms with van der Waals surface area (Å²) in [6.45, 7) is 0.809. The van der Waals surface area contributed by atoms with Crippen LogP contribution in [-0.4, -0.2) is 33.0 Å². The molecule has 128 valence electrons. The Morgan fingerprint density at radius 3 is 3.00 bits per heavy atom. The molecule has 1 fully saturated rings. The van der Waals surface area contributed by atoms with E-state index in [-0.39, 0.29) is 12.0 Å². The van der Waals surface area contributed by atoms with Crippen LogP contribution >= 0.6 is 0 Å². The van der Waals surface area contributed by atoms with Crippen molar-refractivity contribution in [1.29, 1.82) is 0 Å². The summed E-state index contributed by atoms with van der Waals surface area (Å²) < 4.78 is 7.48. The summed E-state index contributed by atoms with van der Waals surface area (Å²) in [5, 5.41) is 3.02. The minimum Gasteiger partial charge on any atom is -0.378 e. The standard InChI is InChI=1S/C19H20N4O2/c24-17(10-9-14-6-5-13-25-14)22-19-18(15-7-1-3-11-20-15)21-16-8-2-4-12-23(16)19/h1-4,7-8,11-12,14H,5-6,9-10,13H2,(H,22,24). The van der Waals surface area contributed by atoms with E-state index in [4.69, 9.17) is 4.74 Å². The van der Waals surface area contributed by atoms with Crippen LogP contribution in [0.1, 0.15) is 25.7 Å². The highest BCUT2D eigenvalue weighted by Crippen LogP contribution is 2.27. The first-order valence-corrected chi connectivity index (χ1v) is 8.61. The predicted octanol–water partition coefficient (Wildman–Crippen LogP) is 3.29. The van der Waals surface area contributed by atoms with Crippen molar-refractivity contribution in [3.05, 3.63) is 48.8 Å². The molecule has 1 aliphatic rings. The lowest BCUT2D eigenvalue weighted by molar-refractivity contribution is -0.116. The van der Waals surface area contributed by atoms with Gasteiger partial charge < -0.3 is 10.1 Å². The van der Waals surface area contributed by atoms with Crippen LogP contribution in [0.25, 0.3) is 17.0 Å². The number of ether oxygens (including phenoxy) is 1. The van der Waals surface area contributed by atoms with Crippen LogP contribution in [-0.2, 0) is 9.53 Å². The molecule has 1 aliphatic heterocycles. The number of carbonyl (C=O) groups excluding carboxylic acids is 1. The molecule has 25 heavy (non-hydrogen) atoms. The number of hydrogen-bond acceptors (Lipinski definition) is 4. The second-order valence-electron chi connectivity index (χ2n) is 6.17. The van der Waals surface area contributed by atoms with Crippen LogP contribution in [0.2, 0.25) is 0 Å². The van der Waals surface area contributed by atoms with Crippen LogP contribution in [0.3, 0.4) is 0 Å². The number of aromatic nitrogens is 3. The number of imidazole rings is 1. The van der Waals surface area contributed by atoms with Gasteiger partial charge >= 0.3 is 0 Å². The third kappa shape index (κ3) is 3.39. The van der Waals surface area contributed by atoms with Gasteiger partial charge in [0.1, 0.15) is 17.2 Å². The lowest BCUT2D eigenvalue weighted by Gasteiger charge is -2.10. The average molecular weight is 336 g/mol. The van der Waals surface area contributed by atoms with E-state index in [0.29, 0.717) is 17.9 Å². The molecule has 6 heteroatoms. The molecule has 3 aromatic heterocycles. The summed E-state index contributed by atoms with van der Waals surface area (Å²) in [5.41, 5.74) is 2.19. The average Bonchev–Trinajstić information content (AvgIpc) is 3.29. The Hall–Kier alpha value is -2.73. The van der Waals surface area contributed by atoms with Crippen LogP contribution in [0.15, 0.2) is 48.8 Å². The zero-order chi connectivity index (χ0) is 17.1. The Morgan fingerprint density at radius 1 is 1.28 bits per heavy atom. The number of amides is 1. The number of fused-ring (bicyclic) bond motifs is 1. The van der Waals surface area contributed by atoms with E-state index in [1.165, 1.54) is 0 Å². The third-order valence-electron chi connectivity index (χ3n) is 4.41. The van der Waals surface area contributed by atoms with E-state index in [0.717, 1.165) is 37.2 Å². The van der Waals surface area contributed by atoms with Crippen molar-refractivity contribution in [3.8, 4) is 11.4 Å². The second kappa shape index (κ2) is 7.03. The molecule has 0 saturated carbocycles. The first-order valence-electron chi connectivity index (χ1n) is 8.61. The van der Waals surface area contributed by atoms with Crippen LogP contribution in [0, 0.1) is 0 Å². The van der Waals surface area contributed by atoms with Crippen molar-refractivity contribution < 1.29 is 9.53 Å². The van der Waals surface area contributed by atoms with Crippen LogP contribution in [0.4, 0.5) is 5.82 Å². The van der Waals surface area contributed by atoms with Gasteiger partial charge in [0.2, 0.25) is 5.91 Å². The molecular formula is C19H20N4O2. The molecule has 1 saturated heterocycles. The van der Waals surface area contributed by atoms with Crippen molar-refractivity contribution in [1.82, 2.24) is 14.4 Å². The van der Waals surface area contributed by atoms with Crippen LogP contribution < -0.4 is 5.32 Å². The Balaban J connectivity index is 1.60. The topological polar surface area (TPSA) is 68.5 Å². The zero-order valence-corrected chi connectivity index (χ0v) is 13.9. The highest BCUT2D eigenvalue weighted by atomic mass is 16.5. The van der Waals surface area contributed by atoms with Gasteiger partial charge in [-0.15, -0.1) is 0 Å². The number of anilines is 1. The summed E-state index contributed by atoms with van der Waals surface area (Å²) in [5.74, 6) is 0.630. The smallest absolute Gasteiger partial charge is 0.225 e. The summed E-state index contributed by atoms with van der Waals surface area (Å²) >= 11 is 0. The summed E-state index contributed by atoms with van der Waals surface area (Å²) in [6.07, 6.45) is 7.15. The highest BCUT2D eigenvalue weighted by molar-refractivity contribution is 5.94. The van der Waals surface area contributed by atoms with Gasteiger partial charge in [-0.05, 0) is 43.5 Å². The number of nitrogens with one attached hydrogen (secondary N) is 1. The molecule has 0 bridgehead atoms. The van der Waals surface area contributed by atoms with Crippen molar-refractivity contribution in [3.63, 3.8) is 0 Å². The number of nitrogens with zero attached hydrogens (tertiary/aromatic N) is 3. The second-order valence-corrected chi connectivity index (χ2v) is 6.17. The van der Waals surface area contributed by atoms with Gasteiger partial charge in [-0.2, -0.15) is 0 Å². The number of pyridine rings is 2. The molecule has 3 aromatic rings. The molecule has 0 radical (unpaired) electrons. The predicted molar refractivity (Wildman–Crippen MR) is 95.3 cm³/mol. The Bertz CT molecular complexity index is 870. The zero-order valence-electron chi connectivity index (χ0n) is 13.9. The molecule has 0 aromatic carbocycles. The third-order valence-corrected chi connectivity index (χ3v) is 4.41. The highest BCUT2D eigenvalue weighted by Gasteiger charge is 2.19. The van der Waals surface area contributed by atoms with Crippen molar-refractivity contribution in [2.75, 3.05) is 11.9 Å². The molecule has 1 unspecified atom stereocenters. The molecule has 0 aliphatic carbocycles. The van der Waals surface area contributed by atoms with E-state index in [1.807, 2.05) is 47.0 Å². The van der Waals surface area contributed by atoms with E-state index in [1.54, 1.807) is 6.20 Å². The SMILES string of the molecule is O=C(CCC1CCCO1)Nc1c(-c2ccccn2)nc2ccccn12. The summed E-state index contributed by atoms with van der Waals surface area (Å²) in [6, 6.07) is 11.4. The Morgan fingerprint density at radius 2 is 2.20 bits per heavy atom. The monoisotopic (exact) mass is 336 g/mol. The fourth-order valence-electron chi connectivity index (χ4n) is 3.16. The van der Waals surface area contributed by atoms with Gasteiger partial charge in [-0.1, -0.05) is 12.1 Å². The molecule has 1 N–H and O–H groups in total. The maximum atomic E-state index is 12.5. The van der Waals surface area contributed by atoms with E-state index >= 15 is 0 Å². The van der Waals surface area contributed by atoms with E-state index in [2.05, 4.69) is 15.3 Å². The van der Waals surface area contributed by atoms with Gasteiger partial charge in [-0.3, -0.25) is 14.2 Å². The summed E-state index contributed by atoms with van der Waals surface area (Å²) in [7, 11) is 0. The first-order chi connectivity index (χ1) is 12.3. The van der Waals surface area contributed by atoms with Gasteiger partial charge in [0.05, 0.1) is 11.8 Å². The van der Waals surface area contributed by atoms with Crippen molar-refractivity contribution in [2.24, 2.45) is 0 Å².